The molecular formula is C14H12N2O4. The first-order valence-corrected chi connectivity index (χ1v) is 5.87. The number of rotatable bonds is 5. The van der Waals surface area contributed by atoms with Crippen molar-refractivity contribution in [3.63, 3.8) is 0 Å². The number of phenols is 1. The number of nitrogens with one attached hydrogen (secondary N) is 1. The number of Topliss-reactive ketones (excluding diaryl/α,β-unsaturated/α-hetero) is 1. The molecule has 2 aromatic carbocycles. The number of carbonyl (C=O) groups excluding carboxylic acids is 1. The van der Waals surface area contributed by atoms with Crippen molar-refractivity contribution >= 4 is 17.2 Å². The van der Waals surface area contributed by atoms with Crippen LogP contribution in [0, 0.1) is 10.1 Å². The molecule has 2 aromatic rings. The van der Waals surface area contributed by atoms with E-state index in [2.05, 4.69) is 5.32 Å². The fourth-order valence-corrected chi connectivity index (χ4v) is 1.67. The maximum Gasteiger partial charge on any atom is 0.269 e. The molecule has 0 saturated carbocycles. The standard InChI is InChI=1S/C14H12N2O4/c17-13-4-2-1-3-12(13)15-9-14(18)10-5-7-11(8-6-10)16(19)20/h1-8,15,17H,9H2. The van der Waals surface area contributed by atoms with Gasteiger partial charge in [0.1, 0.15) is 5.75 Å². The number of aromatic hydroxyl groups is 1. The van der Waals surface area contributed by atoms with Gasteiger partial charge in [-0.1, -0.05) is 12.1 Å². The molecule has 6 nitrogen and oxygen atoms in total. The Kier molecular flexibility index (Phi) is 3.95. The molecule has 0 bridgehead atoms. The quantitative estimate of drug-likeness (QED) is 0.378. The van der Waals surface area contributed by atoms with E-state index in [9.17, 15) is 20.0 Å². The van der Waals surface area contributed by atoms with E-state index in [0.717, 1.165) is 0 Å². The highest BCUT2D eigenvalue weighted by Gasteiger charge is 2.10. The fourth-order valence-electron chi connectivity index (χ4n) is 1.67. The Balaban J connectivity index is 2.02. The third-order valence-electron chi connectivity index (χ3n) is 2.74. The highest BCUT2D eigenvalue weighted by molar-refractivity contribution is 5.99. The van der Waals surface area contributed by atoms with Crippen molar-refractivity contribution in [2.75, 3.05) is 11.9 Å². The molecule has 0 amide bonds. The van der Waals surface area contributed by atoms with Crippen LogP contribution in [0.5, 0.6) is 5.75 Å². The molecule has 0 unspecified atom stereocenters. The number of nitro benzene ring substituents is 1. The van der Waals surface area contributed by atoms with Gasteiger partial charge in [-0.05, 0) is 24.3 Å². The van der Waals surface area contributed by atoms with Crippen LogP contribution in [-0.4, -0.2) is 22.4 Å². The van der Waals surface area contributed by atoms with Crippen molar-refractivity contribution in [2.45, 2.75) is 0 Å². The van der Waals surface area contributed by atoms with Gasteiger partial charge in [0.2, 0.25) is 0 Å². The van der Waals surface area contributed by atoms with E-state index < -0.39 is 4.92 Å². The van der Waals surface area contributed by atoms with Crippen molar-refractivity contribution < 1.29 is 14.8 Å². The first kappa shape index (κ1) is 13.5. The highest BCUT2D eigenvalue weighted by atomic mass is 16.6. The lowest BCUT2D eigenvalue weighted by molar-refractivity contribution is -0.384. The van der Waals surface area contributed by atoms with E-state index in [1.165, 1.54) is 30.3 Å². The molecule has 0 atom stereocenters. The summed E-state index contributed by atoms with van der Waals surface area (Å²) in [7, 11) is 0. The normalized spacial score (nSPS) is 10.0. The third-order valence-corrected chi connectivity index (χ3v) is 2.74. The van der Waals surface area contributed by atoms with Crippen LogP contribution in [0.1, 0.15) is 10.4 Å². The number of para-hydroxylation sites is 2. The van der Waals surface area contributed by atoms with Crippen molar-refractivity contribution in [3.05, 3.63) is 64.2 Å². The molecule has 0 aliphatic carbocycles. The number of hydrogen-bond donors (Lipinski definition) is 2. The zero-order valence-electron chi connectivity index (χ0n) is 10.4. The van der Waals surface area contributed by atoms with Gasteiger partial charge in [-0.2, -0.15) is 0 Å². The lowest BCUT2D eigenvalue weighted by Gasteiger charge is -2.07. The fraction of sp³-hybridized carbons (Fsp3) is 0.0714. The summed E-state index contributed by atoms with van der Waals surface area (Å²) in [6.45, 7) is -0.00458. The number of ketones is 1. The Hall–Kier alpha value is -2.89. The van der Waals surface area contributed by atoms with E-state index in [1.807, 2.05) is 0 Å². The molecule has 0 spiro atoms. The minimum atomic E-state index is -0.519. The maximum atomic E-state index is 11.9. The van der Waals surface area contributed by atoms with Gasteiger partial charge in [-0.25, -0.2) is 0 Å². The van der Waals surface area contributed by atoms with E-state index in [1.54, 1.807) is 18.2 Å². The summed E-state index contributed by atoms with van der Waals surface area (Å²) in [4.78, 5) is 21.9. The Bertz CT molecular complexity index is 638. The van der Waals surface area contributed by atoms with Crippen molar-refractivity contribution in [1.29, 1.82) is 0 Å². The SMILES string of the molecule is O=C(CNc1ccccc1O)c1ccc([N+](=O)[O-])cc1. The van der Waals surface area contributed by atoms with E-state index in [0.29, 0.717) is 11.3 Å². The number of carbonyl (C=O) groups is 1. The summed E-state index contributed by atoms with van der Waals surface area (Å²) in [6.07, 6.45) is 0. The lowest BCUT2D eigenvalue weighted by atomic mass is 10.1. The summed E-state index contributed by atoms with van der Waals surface area (Å²) >= 11 is 0. The molecule has 0 saturated heterocycles. The number of nitro groups is 1. The van der Waals surface area contributed by atoms with E-state index in [4.69, 9.17) is 0 Å². The van der Waals surface area contributed by atoms with Gasteiger partial charge >= 0.3 is 0 Å². The van der Waals surface area contributed by atoms with Gasteiger partial charge in [0, 0.05) is 17.7 Å². The van der Waals surface area contributed by atoms with Crippen LogP contribution in [0.2, 0.25) is 0 Å². The van der Waals surface area contributed by atoms with E-state index >= 15 is 0 Å². The number of nitrogens with zero attached hydrogens (tertiary/aromatic N) is 1. The van der Waals surface area contributed by atoms with Gasteiger partial charge in [0.15, 0.2) is 5.78 Å². The largest absolute Gasteiger partial charge is 0.506 e. The zero-order chi connectivity index (χ0) is 14.5. The molecule has 0 aliphatic heterocycles. The first-order valence-electron chi connectivity index (χ1n) is 5.87. The van der Waals surface area contributed by atoms with E-state index in [-0.39, 0.29) is 23.8 Å². The second-order valence-corrected chi connectivity index (χ2v) is 4.10. The van der Waals surface area contributed by atoms with Gasteiger partial charge in [0.25, 0.3) is 5.69 Å². The molecule has 102 valence electrons. The summed E-state index contributed by atoms with van der Waals surface area (Å²) < 4.78 is 0. The number of benzene rings is 2. The lowest BCUT2D eigenvalue weighted by Crippen LogP contribution is -2.14. The van der Waals surface area contributed by atoms with Crippen LogP contribution >= 0.6 is 0 Å². The smallest absolute Gasteiger partial charge is 0.269 e. The number of hydrogen-bond acceptors (Lipinski definition) is 5. The zero-order valence-corrected chi connectivity index (χ0v) is 10.4. The molecule has 0 aliphatic rings. The monoisotopic (exact) mass is 272 g/mol. The van der Waals surface area contributed by atoms with Gasteiger partial charge in [0.05, 0.1) is 17.2 Å². The number of phenolic OH excluding ortho intramolecular Hbond substituents is 1. The number of non-ortho nitro benzene ring substituents is 1. The Morgan fingerprint density at radius 1 is 1.15 bits per heavy atom. The first-order chi connectivity index (χ1) is 9.58. The number of anilines is 1. The summed E-state index contributed by atoms with van der Waals surface area (Å²) in [6, 6.07) is 12.0. The second-order valence-electron chi connectivity index (χ2n) is 4.10. The van der Waals surface area contributed by atoms with Gasteiger partial charge in [-0.15, -0.1) is 0 Å². The van der Waals surface area contributed by atoms with Crippen LogP contribution in [0.25, 0.3) is 0 Å². The topological polar surface area (TPSA) is 92.5 Å². The predicted molar refractivity (Wildman–Crippen MR) is 74.0 cm³/mol. The summed E-state index contributed by atoms with van der Waals surface area (Å²) in [5, 5.41) is 22.9. The molecule has 0 fully saturated rings. The average Bonchev–Trinajstić information content (AvgIpc) is 2.46. The van der Waals surface area contributed by atoms with Gasteiger partial charge < -0.3 is 10.4 Å². The summed E-state index contributed by atoms with van der Waals surface area (Å²) in [5.41, 5.74) is 0.775. The Morgan fingerprint density at radius 3 is 2.40 bits per heavy atom. The van der Waals surface area contributed by atoms with Crippen LogP contribution in [0.3, 0.4) is 0 Å². The molecule has 6 heteroatoms. The third kappa shape index (κ3) is 3.11. The molecule has 0 aromatic heterocycles. The van der Waals surface area contributed by atoms with Crippen molar-refractivity contribution in [3.8, 4) is 5.75 Å². The second kappa shape index (κ2) is 5.83. The minimum absolute atomic E-state index is 0.00458. The van der Waals surface area contributed by atoms with Crippen LogP contribution in [-0.2, 0) is 0 Å². The molecule has 0 heterocycles. The van der Waals surface area contributed by atoms with Crippen LogP contribution < -0.4 is 5.32 Å². The molecule has 2 rings (SSSR count). The average molecular weight is 272 g/mol. The molecule has 0 radical (unpaired) electrons. The minimum Gasteiger partial charge on any atom is -0.506 e. The van der Waals surface area contributed by atoms with Crippen molar-refractivity contribution in [1.82, 2.24) is 0 Å². The van der Waals surface area contributed by atoms with Crippen LogP contribution in [0.4, 0.5) is 11.4 Å². The molecule has 2 N–H and O–H groups in total. The molecular weight excluding hydrogens is 260 g/mol. The van der Waals surface area contributed by atoms with Crippen molar-refractivity contribution in [2.24, 2.45) is 0 Å². The van der Waals surface area contributed by atoms with Gasteiger partial charge in [-0.3, -0.25) is 14.9 Å². The predicted octanol–water partition coefficient (Wildman–Crippen LogP) is 2.60. The molecule has 20 heavy (non-hydrogen) atoms. The Labute approximate surface area is 114 Å². The maximum absolute atomic E-state index is 11.9. The highest BCUT2D eigenvalue weighted by Crippen LogP contribution is 2.21. The van der Waals surface area contributed by atoms with Crippen LogP contribution in [0.15, 0.2) is 48.5 Å². The Morgan fingerprint density at radius 2 is 1.80 bits per heavy atom. The summed E-state index contributed by atoms with van der Waals surface area (Å²) in [5.74, 6) is -0.160.